The van der Waals surface area contributed by atoms with Crippen molar-refractivity contribution in [3.05, 3.63) is 17.0 Å². The van der Waals surface area contributed by atoms with E-state index in [0.717, 1.165) is 19.4 Å². The number of carbonyl (C=O) groups excluding carboxylic acids is 2. The molecule has 0 bridgehead atoms. The lowest BCUT2D eigenvalue weighted by Crippen LogP contribution is -2.33. The number of hydrogen-bond donors (Lipinski definition) is 2. The van der Waals surface area contributed by atoms with E-state index in [-0.39, 0.29) is 24.2 Å². The molecule has 22 heavy (non-hydrogen) atoms. The molecule has 0 spiro atoms. The highest BCUT2D eigenvalue weighted by molar-refractivity contribution is 7.18. The maximum Gasteiger partial charge on any atom is 0.304 e. The molecule has 1 atom stereocenters. The Labute approximate surface area is 133 Å². The molecule has 120 valence electrons. The quantitative estimate of drug-likeness (QED) is 0.751. The largest absolute Gasteiger partial charge is 0.481 e. The standard InChI is InChI=1S/C15H20N2O4S/c1-10(18)16-14-5-4-13(22-14)12(19)6-8-17-7-2-3-11(17)9-15(20)21/h4-5,11H,2-3,6-9H2,1H3,(H,16,18)(H,20,21). The van der Waals surface area contributed by atoms with Crippen LogP contribution in [0.3, 0.4) is 0 Å². The van der Waals surface area contributed by atoms with E-state index in [4.69, 9.17) is 5.11 Å². The Kier molecular flexibility index (Phi) is 5.68. The van der Waals surface area contributed by atoms with Crippen molar-refractivity contribution in [2.45, 2.75) is 38.6 Å². The van der Waals surface area contributed by atoms with Crippen LogP contribution in [0.4, 0.5) is 5.00 Å². The second kappa shape index (κ2) is 7.51. The first-order chi connectivity index (χ1) is 10.5. The van der Waals surface area contributed by atoms with Gasteiger partial charge < -0.3 is 10.4 Å². The van der Waals surface area contributed by atoms with Gasteiger partial charge in [-0.1, -0.05) is 0 Å². The molecule has 1 aliphatic heterocycles. The van der Waals surface area contributed by atoms with Gasteiger partial charge in [0.2, 0.25) is 5.91 Å². The molecule has 6 nitrogen and oxygen atoms in total. The number of Topliss-reactive ketones (excluding diaryl/α,β-unsaturated/α-hetero) is 1. The molecule has 1 amide bonds. The summed E-state index contributed by atoms with van der Waals surface area (Å²) in [6.45, 7) is 2.87. The van der Waals surface area contributed by atoms with Crippen LogP contribution in [0.1, 0.15) is 42.3 Å². The number of nitrogens with one attached hydrogen (secondary N) is 1. The van der Waals surface area contributed by atoms with E-state index in [0.29, 0.717) is 22.8 Å². The highest BCUT2D eigenvalue weighted by atomic mass is 32.1. The maximum absolute atomic E-state index is 12.2. The second-order valence-corrected chi connectivity index (χ2v) is 6.53. The summed E-state index contributed by atoms with van der Waals surface area (Å²) in [4.78, 5) is 36.7. The third-order valence-electron chi connectivity index (χ3n) is 3.72. The van der Waals surface area contributed by atoms with Gasteiger partial charge in [0.25, 0.3) is 0 Å². The third kappa shape index (κ3) is 4.64. The number of carboxylic acids is 1. The number of likely N-dealkylation sites (tertiary alicyclic amines) is 1. The molecule has 1 aromatic rings. The zero-order valence-electron chi connectivity index (χ0n) is 12.5. The lowest BCUT2D eigenvalue weighted by atomic mass is 10.1. The van der Waals surface area contributed by atoms with Crippen molar-refractivity contribution in [1.29, 1.82) is 0 Å². The van der Waals surface area contributed by atoms with Crippen molar-refractivity contribution >= 4 is 34.0 Å². The number of rotatable bonds is 7. The van der Waals surface area contributed by atoms with Crippen LogP contribution in [0.2, 0.25) is 0 Å². The minimum Gasteiger partial charge on any atom is -0.481 e. The van der Waals surface area contributed by atoms with E-state index in [1.165, 1.54) is 18.3 Å². The molecule has 2 heterocycles. The third-order valence-corrected chi connectivity index (χ3v) is 4.76. The molecule has 1 fully saturated rings. The van der Waals surface area contributed by atoms with Gasteiger partial charge in [-0.3, -0.25) is 19.3 Å². The summed E-state index contributed by atoms with van der Waals surface area (Å²) in [7, 11) is 0. The van der Waals surface area contributed by atoms with E-state index >= 15 is 0 Å². The lowest BCUT2D eigenvalue weighted by molar-refractivity contribution is -0.138. The molecule has 0 aromatic carbocycles. The van der Waals surface area contributed by atoms with Gasteiger partial charge in [0.15, 0.2) is 5.78 Å². The highest BCUT2D eigenvalue weighted by Crippen LogP contribution is 2.24. The number of thiophene rings is 1. The highest BCUT2D eigenvalue weighted by Gasteiger charge is 2.26. The summed E-state index contributed by atoms with van der Waals surface area (Å²) in [5.41, 5.74) is 0. The zero-order valence-corrected chi connectivity index (χ0v) is 13.3. The molecule has 2 N–H and O–H groups in total. The maximum atomic E-state index is 12.2. The average molecular weight is 324 g/mol. The number of amides is 1. The molecule has 2 rings (SSSR count). The second-order valence-electron chi connectivity index (χ2n) is 5.45. The van der Waals surface area contributed by atoms with Crippen molar-refractivity contribution in [3.63, 3.8) is 0 Å². The zero-order chi connectivity index (χ0) is 16.1. The van der Waals surface area contributed by atoms with Gasteiger partial charge in [-0.15, -0.1) is 11.3 Å². The van der Waals surface area contributed by atoms with Gasteiger partial charge in [-0.05, 0) is 31.5 Å². The Morgan fingerprint density at radius 3 is 2.86 bits per heavy atom. The fraction of sp³-hybridized carbons (Fsp3) is 0.533. The Morgan fingerprint density at radius 1 is 1.41 bits per heavy atom. The summed E-state index contributed by atoms with van der Waals surface area (Å²) in [5, 5.41) is 12.2. The van der Waals surface area contributed by atoms with E-state index < -0.39 is 5.97 Å². The SMILES string of the molecule is CC(=O)Nc1ccc(C(=O)CCN2CCCC2CC(=O)O)s1. The lowest BCUT2D eigenvalue weighted by Gasteiger charge is -2.22. The predicted molar refractivity (Wildman–Crippen MR) is 84.4 cm³/mol. The normalized spacial score (nSPS) is 18.3. The Morgan fingerprint density at radius 2 is 2.18 bits per heavy atom. The molecule has 1 aromatic heterocycles. The van der Waals surface area contributed by atoms with E-state index in [2.05, 4.69) is 10.2 Å². The van der Waals surface area contributed by atoms with Crippen molar-refractivity contribution in [2.24, 2.45) is 0 Å². The van der Waals surface area contributed by atoms with Crippen molar-refractivity contribution in [1.82, 2.24) is 4.90 Å². The minimum absolute atomic E-state index is 0.0302. The van der Waals surface area contributed by atoms with E-state index in [1.54, 1.807) is 12.1 Å². The summed E-state index contributed by atoms with van der Waals surface area (Å²) in [6, 6.07) is 3.49. The van der Waals surface area contributed by atoms with Gasteiger partial charge in [0.1, 0.15) is 0 Å². The monoisotopic (exact) mass is 324 g/mol. The molecule has 1 aliphatic rings. The molecule has 7 heteroatoms. The number of carboxylic acid groups (broad SMARTS) is 1. The van der Waals surface area contributed by atoms with E-state index in [1.807, 2.05) is 0 Å². The summed E-state index contributed by atoms with van der Waals surface area (Å²) in [6.07, 6.45) is 2.38. The number of hydrogen-bond acceptors (Lipinski definition) is 5. The number of anilines is 1. The van der Waals surface area contributed by atoms with Crippen LogP contribution in [0, 0.1) is 0 Å². The van der Waals surface area contributed by atoms with Gasteiger partial charge in [-0.2, -0.15) is 0 Å². The smallest absolute Gasteiger partial charge is 0.304 e. The number of nitrogens with zero attached hydrogens (tertiary/aromatic N) is 1. The number of ketones is 1. The Bertz CT molecular complexity index is 570. The Hall–Kier alpha value is -1.73. The van der Waals surface area contributed by atoms with Crippen molar-refractivity contribution in [2.75, 3.05) is 18.4 Å². The molecular formula is C15H20N2O4S. The van der Waals surface area contributed by atoms with Crippen LogP contribution in [0.5, 0.6) is 0 Å². The van der Waals surface area contributed by atoms with Gasteiger partial charge in [0, 0.05) is 25.9 Å². The fourth-order valence-electron chi connectivity index (χ4n) is 2.72. The average Bonchev–Trinajstić information content (AvgIpc) is 3.04. The first kappa shape index (κ1) is 16.6. The number of carbonyl (C=O) groups is 3. The topological polar surface area (TPSA) is 86.7 Å². The molecule has 1 unspecified atom stereocenters. The fourth-order valence-corrected chi connectivity index (χ4v) is 3.64. The van der Waals surface area contributed by atoms with Crippen LogP contribution < -0.4 is 5.32 Å². The summed E-state index contributed by atoms with van der Waals surface area (Å²) < 4.78 is 0. The Balaban J connectivity index is 1.85. The van der Waals surface area contributed by atoms with Crippen LogP contribution in [0.25, 0.3) is 0 Å². The van der Waals surface area contributed by atoms with Crippen LogP contribution in [-0.2, 0) is 9.59 Å². The molecular weight excluding hydrogens is 304 g/mol. The minimum atomic E-state index is -0.790. The van der Waals surface area contributed by atoms with Crippen molar-refractivity contribution < 1.29 is 19.5 Å². The van der Waals surface area contributed by atoms with Gasteiger partial charge in [0.05, 0.1) is 16.3 Å². The van der Waals surface area contributed by atoms with Gasteiger partial charge >= 0.3 is 5.97 Å². The summed E-state index contributed by atoms with van der Waals surface area (Å²) in [5.74, 6) is -0.918. The van der Waals surface area contributed by atoms with E-state index in [9.17, 15) is 14.4 Å². The molecule has 0 radical (unpaired) electrons. The number of aliphatic carboxylic acids is 1. The predicted octanol–water partition coefficient (Wildman–Crippen LogP) is 2.22. The van der Waals surface area contributed by atoms with Crippen LogP contribution in [0.15, 0.2) is 12.1 Å². The first-order valence-electron chi connectivity index (χ1n) is 7.32. The first-order valence-corrected chi connectivity index (χ1v) is 8.14. The van der Waals surface area contributed by atoms with Gasteiger partial charge in [-0.25, -0.2) is 0 Å². The van der Waals surface area contributed by atoms with Crippen molar-refractivity contribution in [3.8, 4) is 0 Å². The summed E-state index contributed by atoms with van der Waals surface area (Å²) >= 11 is 1.27. The van der Waals surface area contributed by atoms with Crippen LogP contribution in [-0.4, -0.2) is 46.8 Å². The van der Waals surface area contributed by atoms with Crippen LogP contribution >= 0.6 is 11.3 Å². The molecule has 0 aliphatic carbocycles. The molecule has 1 saturated heterocycles. The molecule has 0 saturated carbocycles.